The number of fused-ring (bicyclic) bond motifs is 1. The van der Waals surface area contributed by atoms with Gasteiger partial charge in [-0.1, -0.05) is 6.07 Å². The van der Waals surface area contributed by atoms with Gasteiger partial charge in [0.15, 0.2) is 5.75 Å². The monoisotopic (exact) mass is 286 g/mol. The third kappa shape index (κ3) is 2.46. The minimum Gasteiger partial charge on any atom is -0.449 e. The zero-order valence-electron chi connectivity index (χ0n) is 10.9. The first kappa shape index (κ1) is 12.9. The van der Waals surface area contributed by atoms with Crippen LogP contribution in [0.1, 0.15) is 5.56 Å². The molecule has 0 saturated carbocycles. The standard InChI is InChI=1S/C13H10N4O4/c1-7-2-3-9-10(4-7)15-12(16-11(9)18)17-6-8(5-14-17)21-13(19)20/h2-6H,1H3,(H,19,20)(H,15,16,18). The number of H-pyrrole nitrogens is 1. The summed E-state index contributed by atoms with van der Waals surface area (Å²) in [4.78, 5) is 29.3. The van der Waals surface area contributed by atoms with Crippen molar-refractivity contribution in [2.45, 2.75) is 6.92 Å². The fourth-order valence-corrected chi connectivity index (χ4v) is 1.92. The van der Waals surface area contributed by atoms with Crippen LogP contribution in [0.4, 0.5) is 4.79 Å². The van der Waals surface area contributed by atoms with E-state index in [0.29, 0.717) is 10.9 Å². The van der Waals surface area contributed by atoms with Crippen LogP contribution in [0.3, 0.4) is 0 Å². The van der Waals surface area contributed by atoms with Gasteiger partial charge in [0.2, 0.25) is 5.95 Å². The number of aromatic amines is 1. The van der Waals surface area contributed by atoms with Crippen molar-refractivity contribution in [1.29, 1.82) is 0 Å². The van der Waals surface area contributed by atoms with E-state index in [-0.39, 0.29) is 17.3 Å². The largest absolute Gasteiger partial charge is 0.511 e. The van der Waals surface area contributed by atoms with Gasteiger partial charge in [0.05, 0.1) is 23.3 Å². The Bertz CT molecular complexity index is 897. The Morgan fingerprint density at radius 1 is 1.43 bits per heavy atom. The highest BCUT2D eigenvalue weighted by Gasteiger charge is 2.09. The molecule has 2 N–H and O–H groups in total. The summed E-state index contributed by atoms with van der Waals surface area (Å²) in [5.74, 6) is 0.216. The van der Waals surface area contributed by atoms with Gasteiger partial charge in [0.1, 0.15) is 0 Å². The predicted molar refractivity (Wildman–Crippen MR) is 72.9 cm³/mol. The molecule has 0 unspecified atom stereocenters. The SMILES string of the molecule is Cc1ccc2c(=O)[nH]c(-n3cc(OC(=O)O)cn3)nc2c1. The van der Waals surface area contributed by atoms with Crippen molar-refractivity contribution in [3.05, 3.63) is 46.5 Å². The maximum atomic E-state index is 12.0. The van der Waals surface area contributed by atoms with Gasteiger partial charge >= 0.3 is 6.16 Å². The van der Waals surface area contributed by atoms with Crippen LogP contribution in [-0.4, -0.2) is 31.0 Å². The molecule has 0 spiro atoms. The number of aryl methyl sites for hydroxylation is 1. The molecule has 0 aliphatic rings. The number of nitrogens with one attached hydrogen (secondary N) is 1. The molecule has 106 valence electrons. The van der Waals surface area contributed by atoms with Crippen LogP contribution in [0, 0.1) is 6.92 Å². The predicted octanol–water partition coefficient (Wildman–Crippen LogP) is 1.47. The highest BCUT2D eigenvalue weighted by Crippen LogP contribution is 2.13. The van der Waals surface area contributed by atoms with Crippen molar-refractivity contribution >= 4 is 17.1 Å². The third-order valence-electron chi connectivity index (χ3n) is 2.83. The van der Waals surface area contributed by atoms with Crippen LogP contribution in [0.2, 0.25) is 0 Å². The number of hydrogen-bond donors (Lipinski definition) is 2. The van der Waals surface area contributed by atoms with Crippen LogP contribution in [0.15, 0.2) is 35.4 Å². The Balaban J connectivity index is 2.10. The third-order valence-corrected chi connectivity index (χ3v) is 2.83. The molecule has 21 heavy (non-hydrogen) atoms. The average Bonchev–Trinajstić information content (AvgIpc) is 2.85. The average molecular weight is 286 g/mol. The van der Waals surface area contributed by atoms with Gasteiger partial charge in [-0.3, -0.25) is 9.78 Å². The molecule has 0 fully saturated rings. The molecule has 2 aromatic heterocycles. The Morgan fingerprint density at radius 3 is 3.00 bits per heavy atom. The van der Waals surface area contributed by atoms with Crippen molar-refractivity contribution in [2.75, 3.05) is 0 Å². The van der Waals surface area contributed by atoms with E-state index in [9.17, 15) is 9.59 Å². The van der Waals surface area contributed by atoms with Gasteiger partial charge in [-0.05, 0) is 24.6 Å². The second kappa shape index (κ2) is 4.75. The van der Waals surface area contributed by atoms with E-state index in [0.717, 1.165) is 5.56 Å². The van der Waals surface area contributed by atoms with Crippen LogP contribution in [0.25, 0.3) is 16.9 Å². The number of aromatic nitrogens is 4. The number of carboxylic acid groups (broad SMARTS) is 1. The molecule has 8 nitrogen and oxygen atoms in total. The molecular weight excluding hydrogens is 276 g/mol. The minimum atomic E-state index is -1.44. The van der Waals surface area contributed by atoms with Crippen molar-refractivity contribution in [1.82, 2.24) is 19.7 Å². The summed E-state index contributed by atoms with van der Waals surface area (Å²) in [6.45, 7) is 1.90. The molecule has 0 aliphatic carbocycles. The summed E-state index contributed by atoms with van der Waals surface area (Å²) in [5, 5.41) is 12.9. The van der Waals surface area contributed by atoms with Crippen molar-refractivity contribution in [3.8, 4) is 11.7 Å². The summed E-state index contributed by atoms with van der Waals surface area (Å²) in [6, 6.07) is 5.31. The van der Waals surface area contributed by atoms with Crippen LogP contribution >= 0.6 is 0 Å². The summed E-state index contributed by atoms with van der Waals surface area (Å²) in [5.41, 5.74) is 1.21. The van der Waals surface area contributed by atoms with Gasteiger partial charge in [0, 0.05) is 0 Å². The van der Waals surface area contributed by atoms with E-state index < -0.39 is 6.16 Å². The van der Waals surface area contributed by atoms with Gasteiger partial charge in [-0.15, -0.1) is 0 Å². The summed E-state index contributed by atoms with van der Waals surface area (Å²) in [6.07, 6.45) is 1.09. The van der Waals surface area contributed by atoms with Gasteiger partial charge in [0.25, 0.3) is 5.56 Å². The molecule has 3 aromatic rings. The van der Waals surface area contributed by atoms with Gasteiger partial charge in [-0.2, -0.15) is 5.10 Å². The smallest absolute Gasteiger partial charge is 0.449 e. The van der Waals surface area contributed by atoms with Crippen molar-refractivity contribution in [3.63, 3.8) is 0 Å². The Morgan fingerprint density at radius 2 is 2.24 bits per heavy atom. The van der Waals surface area contributed by atoms with E-state index in [1.54, 1.807) is 12.1 Å². The van der Waals surface area contributed by atoms with Crippen molar-refractivity contribution < 1.29 is 14.6 Å². The van der Waals surface area contributed by atoms with Crippen molar-refractivity contribution in [2.24, 2.45) is 0 Å². The number of nitrogens with zero attached hydrogens (tertiary/aromatic N) is 3. The quantitative estimate of drug-likeness (QED) is 0.690. The van der Waals surface area contributed by atoms with E-state index in [2.05, 4.69) is 19.8 Å². The maximum Gasteiger partial charge on any atom is 0.511 e. The molecule has 0 bridgehead atoms. The zero-order chi connectivity index (χ0) is 15.0. The van der Waals surface area contributed by atoms with Crippen LogP contribution in [-0.2, 0) is 0 Å². The van der Waals surface area contributed by atoms with Crippen LogP contribution < -0.4 is 10.3 Å². The number of rotatable bonds is 2. The summed E-state index contributed by atoms with van der Waals surface area (Å²) >= 11 is 0. The second-order valence-corrected chi connectivity index (χ2v) is 4.40. The second-order valence-electron chi connectivity index (χ2n) is 4.40. The summed E-state index contributed by atoms with van der Waals surface area (Å²) < 4.78 is 5.70. The lowest BCUT2D eigenvalue weighted by Gasteiger charge is -2.03. The number of benzene rings is 1. The topological polar surface area (TPSA) is 110 Å². The molecule has 0 radical (unpaired) electrons. The Hall–Kier alpha value is -3.16. The van der Waals surface area contributed by atoms with E-state index in [1.165, 1.54) is 17.1 Å². The van der Waals surface area contributed by atoms with E-state index in [1.807, 2.05) is 13.0 Å². The number of ether oxygens (including phenoxy) is 1. The number of hydrogen-bond acceptors (Lipinski definition) is 5. The molecule has 0 aliphatic heterocycles. The first-order valence-electron chi connectivity index (χ1n) is 5.99. The Labute approximate surface area is 117 Å². The first-order chi connectivity index (χ1) is 10.0. The fourth-order valence-electron chi connectivity index (χ4n) is 1.92. The highest BCUT2D eigenvalue weighted by atomic mass is 16.7. The lowest BCUT2D eigenvalue weighted by Crippen LogP contribution is -2.13. The molecule has 0 atom stereocenters. The summed E-state index contributed by atoms with van der Waals surface area (Å²) in [7, 11) is 0. The molecule has 8 heteroatoms. The lowest BCUT2D eigenvalue weighted by molar-refractivity contribution is 0.144. The van der Waals surface area contributed by atoms with Crippen LogP contribution in [0.5, 0.6) is 5.75 Å². The minimum absolute atomic E-state index is 0.0366. The van der Waals surface area contributed by atoms with E-state index in [4.69, 9.17) is 5.11 Å². The molecule has 1 aromatic carbocycles. The van der Waals surface area contributed by atoms with Gasteiger partial charge < -0.3 is 9.84 Å². The molecule has 2 heterocycles. The number of carbonyl (C=O) groups is 1. The molecular formula is C13H10N4O4. The zero-order valence-corrected chi connectivity index (χ0v) is 10.9. The lowest BCUT2D eigenvalue weighted by atomic mass is 10.2. The normalized spacial score (nSPS) is 10.7. The molecule has 0 amide bonds. The van der Waals surface area contributed by atoms with E-state index >= 15 is 0 Å². The Kier molecular flexibility index (Phi) is 2.90. The highest BCUT2D eigenvalue weighted by molar-refractivity contribution is 5.78. The maximum absolute atomic E-state index is 12.0. The fraction of sp³-hybridized carbons (Fsp3) is 0.0769. The van der Waals surface area contributed by atoms with Gasteiger partial charge in [-0.25, -0.2) is 14.5 Å². The molecule has 3 rings (SSSR count). The first-order valence-corrected chi connectivity index (χ1v) is 5.99. The molecule has 0 saturated heterocycles.